The Kier molecular flexibility index (Phi) is 8.00. The van der Waals surface area contributed by atoms with E-state index in [2.05, 4.69) is 10.6 Å². The summed E-state index contributed by atoms with van der Waals surface area (Å²) >= 11 is 0. The summed E-state index contributed by atoms with van der Waals surface area (Å²) in [5, 5.41) is 5.57. The maximum Gasteiger partial charge on any atom is 0.255 e. The third-order valence-electron chi connectivity index (χ3n) is 5.39. The van der Waals surface area contributed by atoms with E-state index in [9.17, 15) is 18.0 Å². The molecule has 0 aliphatic carbocycles. The Labute approximate surface area is 189 Å². The number of amides is 2. The van der Waals surface area contributed by atoms with Gasteiger partial charge in [0.15, 0.2) is 0 Å². The van der Waals surface area contributed by atoms with Gasteiger partial charge in [-0.2, -0.15) is 4.31 Å². The number of sulfonamides is 1. The van der Waals surface area contributed by atoms with Gasteiger partial charge in [-0.3, -0.25) is 9.59 Å². The first-order valence-corrected chi connectivity index (χ1v) is 12.1. The molecular formula is C23H29N3O5S. The average molecular weight is 460 g/mol. The third kappa shape index (κ3) is 5.53. The predicted molar refractivity (Wildman–Crippen MR) is 122 cm³/mol. The smallest absolute Gasteiger partial charge is 0.255 e. The van der Waals surface area contributed by atoms with Crippen LogP contribution in [0.25, 0.3) is 0 Å². The number of methoxy groups -OCH3 is 1. The first kappa shape index (κ1) is 23.9. The number of para-hydroxylation sites is 1. The number of rotatable bonds is 9. The van der Waals surface area contributed by atoms with Gasteiger partial charge >= 0.3 is 0 Å². The monoisotopic (exact) mass is 459 g/mol. The summed E-state index contributed by atoms with van der Waals surface area (Å²) in [5.41, 5.74) is 1.58. The predicted octanol–water partition coefficient (Wildman–Crippen LogP) is 2.80. The molecule has 1 heterocycles. The van der Waals surface area contributed by atoms with E-state index in [1.54, 1.807) is 44.4 Å². The second-order valence-electron chi connectivity index (χ2n) is 7.69. The highest BCUT2D eigenvalue weighted by Gasteiger charge is 2.28. The van der Waals surface area contributed by atoms with Crippen molar-refractivity contribution in [1.29, 1.82) is 0 Å². The zero-order valence-corrected chi connectivity index (χ0v) is 19.2. The van der Waals surface area contributed by atoms with E-state index in [-0.39, 0.29) is 16.4 Å². The van der Waals surface area contributed by atoms with Crippen molar-refractivity contribution in [1.82, 2.24) is 9.62 Å². The zero-order valence-electron chi connectivity index (χ0n) is 18.4. The minimum absolute atomic E-state index is 0.0966. The van der Waals surface area contributed by atoms with E-state index >= 15 is 0 Å². The second-order valence-corrected chi connectivity index (χ2v) is 9.63. The van der Waals surface area contributed by atoms with E-state index in [4.69, 9.17) is 4.74 Å². The summed E-state index contributed by atoms with van der Waals surface area (Å²) in [4.78, 5) is 25.7. The summed E-state index contributed by atoms with van der Waals surface area (Å²) in [5.74, 6) is -0.778. The molecule has 2 aromatic rings. The van der Waals surface area contributed by atoms with Crippen LogP contribution in [-0.4, -0.2) is 57.9 Å². The first-order valence-electron chi connectivity index (χ1n) is 10.6. The van der Waals surface area contributed by atoms with Gasteiger partial charge in [-0.15, -0.1) is 0 Å². The standard InChI is InChI=1S/C23H29N3O5S/c1-17-10-11-18(32(29,30)26-13-5-6-14-26)16-20(17)23(28)25-21-9-4-3-8-19(21)22(27)24-12-7-15-31-2/h3-4,8-11,16H,5-7,12-15H2,1-2H3,(H,24,27)(H,25,28). The van der Waals surface area contributed by atoms with Gasteiger partial charge in [0.05, 0.1) is 16.1 Å². The van der Waals surface area contributed by atoms with Gasteiger partial charge in [0.1, 0.15) is 0 Å². The van der Waals surface area contributed by atoms with Gasteiger partial charge in [0.25, 0.3) is 11.8 Å². The van der Waals surface area contributed by atoms with Crippen LogP contribution in [0, 0.1) is 6.92 Å². The first-order chi connectivity index (χ1) is 15.3. The van der Waals surface area contributed by atoms with Gasteiger partial charge < -0.3 is 15.4 Å². The Bertz CT molecular complexity index is 1080. The largest absolute Gasteiger partial charge is 0.385 e. The van der Waals surface area contributed by atoms with Crippen molar-refractivity contribution in [3.05, 3.63) is 59.2 Å². The molecule has 0 spiro atoms. The van der Waals surface area contributed by atoms with E-state index in [1.807, 2.05) is 0 Å². The number of anilines is 1. The Morgan fingerprint density at radius 1 is 1.03 bits per heavy atom. The lowest BCUT2D eigenvalue weighted by Gasteiger charge is -2.17. The summed E-state index contributed by atoms with van der Waals surface area (Å²) in [6.45, 7) is 3.71. The highest BCUT2D eigenvalue weighted by molar-refractivity contribution is 7.89. The second kappa shape index (κ2) is 10.7. The molecule has 0 bridgehead atoms. The molecule has 1 aliphatic rings. The SMILES string of the molecule is COCCCNC(=O)c1ccccc1NC(=O)c1cc(S(=O)(=O)N2CCCC2)ccc1C. The maximum absolute atomic E-state index is 13.0. The Hall–Kier alpha value is -2.75. The van der Waals surface area contributed by atoms with Crippen LogP contribution in [0.1, 0.15) is 45.5 Å². The van der Waals surface area contributed by atoms with Crippen molar-refractivity contribution >= 4 is 27.5 Å². The fourth-order valence-electron chi connectivity index (χ4n) is 3.58. The number of nitrogens with one attached hydrogen (secondary N) is 2. The number of hydrogen-bond donors (Lipinski definition) is 2. The third-order valence-corrected chi connectivity index (χ3v) is 7.28. The van der Waals surface area contributed by atoms with E-state index in [0.29, 0.717) is 49.5 Å². The van der Waals surface area contributed by atoms with E-state index in [0.717, 1.165) is 12.8 Å². The lowest BCUT2D eigenvalue weighted by molar-refractivity contribution is 0.0949. The van der Waals surface area contributed by atoms with Crippen LogP contribution < -0.4 is 10.6 Å². The molecule has 0 atom stereocenters. The van der Waals surface area contributed by atoms with Crippen LogP contribution in [0.2, 0.25) is 0 Å². The van der Waals surface area contributed by atoms with Crippen molar-refractivity contribution in [2.24, 2.45) is 0 Å². The molecule has 0 unspecified atom stereocenters. The van der Waals surface area contributed by atoms with Gasteiger partial charge in [0.2, 0.25) is 10.0 Å². The van der Waals surface area contributed by atoms with Crippen molar-refractivity contribution in [3.63, 3.8) is 0 Å². The number of carbonyl (C=O) groups is 2. The fourth-order valence-corrected chi connectivity index (χ4v) is 5.12. The summed E-state index contributed by atoms with van der Waals surface area (Å²) in [7, 11) is -2.04. The van der Waals surface area contributed by atoms with Crippen molar-refractivity contribution in [2.75, 3.05) is 38.7 Å². The van der Waals surface area contributed by atoms with Crippen molar-refractivity contribution in [2.45, 2.75) is 31.1 Å². The highest BCUT2D eigenvalue weighted by Crippen LogP contribution is 2.24. The Morgan fingerprint density at radius 2 is 1.75 bits per heavy atom. The van der Waals surface area contributed by atoms with Crippen LogP contribution in [-0.2, 0) is 14.8 Å². The number of benzene rings is 2. The minimum Gasteiger partial charge on any atom is -0.385 e. The summed E-state index contributed by atoms with van der Waals surface area (Å²) in [6.07, 6.45) is 2.35. The summed E-state index contributed by atoms with van der Waals surface area (Å²) in [6, 6.07) is 11.3. The minimum atomic E-state index is -3.64. The van der Waals surface area contributed by atoms with Crippen LogP contribution in [0.5, 0.6) is 0 Å². The molecular weight excluding hydrogens is 430 g/mol. The van der Waals surface area contributed by atoms with Crippen molar-refractivity contribution < 1.29 is 22.7 Å². The molecule has 2 aromatic carbocycles. The quantitative estimate of drug-likeness (QED) is 0.561. The Morgan fingerprint density at radius 3 is 2.47 bits per heavy atom. The number of hydrogen-bond acceptors (Lipinski definition) is 5. The Balaban J connectivity index is 1.80. The van der Waals surface area contributed by atoms with E-state index in [1.165, 1.54) is 16.4 Å². The molecule has 172 valence electrons. The maximum atomic E-state index is 13.0. The van der Waals surface area contributed by atoms with Gasteiger partial charge in [0, 0.05) is 38.9 Å². The molecule has 2 amide bonds. The molecule has 0 saturated carbocycles. The number of nitrogens with zero attached hydrogens (tertiary/aromatic N) is 1. The molecule has 1 saturated heterocycles. The zero-order chi connectivity index (χ0) is 23.1. The van der Waals surface area contributed by atoms with Crippen LogP contribution in [0.3, 0.4) is 0 Å². The van der Waals surface area contributed by atoms with E-state index < -0.39 is 15.9 Å². The normalized spacial score (nSPS) is 14.3. The molecule has 3 rings (SSSR count). The fraction of sp³-hybridized carbons (Fsp3) is 0.391. The van der Waals surface area contributed by atoms with Crippen molar-refractivity contribution in [3.8, 4) is 0 Å². The lowest BCUT2D eigenvalue weighted by atomic mass is 10.1. The number of aryl methyl sites for hydroxylation is 1. The topological polar surface area (TPSA) is 105 Å². The molecule has 1 aliphatic heterocycles. The van der Waals surface area contributed by atoms with Crippen LogP contribution >= 0.6 is 0 Å². The number of carbonyl (C=O) groups excluding carboxylic acids is 2. The molecule has 0 aromatic heterocycles. The average Bonchev–Trinajstić information content (AvgIpc) is 3.33. The van der Waals surface area contributed by atoms with Crippen LogP contribution in [0.4, 0.5) is 5.69 Å². The molecule has 0 radical (unpaired) electrons. The number of ether oxygens (including phenoxy) is 1. The molecule has 2 N–H and O–H groups in total. The molecule has 9 heteroatoms. The van der Waals surface area contributed by atoms with Gasteiger partial charge in [-0.1, -0.05) is 18.2 Å². The lowest BCUT2D eigenvalue weighted by Crippen LogP contribution is -2.28. The van der Waals surface area contributed by atoms with Gasteiger partial charge in [-0.25, -0.2) is 8.42 Å². The van der Waals surface area contributed by atoms with Gasteiger partial charge in [-0.05, 0) is 56.0 Å². The molecule has 8 nitrogen and oxygen atoms in total. The van der Waals surface area contributed by atoms with Crippen LogP contribution in [0.15, 0.2) is 47.4 Å². The highest BCUT2D eigenvalue weighted by atomic mass is 32.2. The molecule has 1 fully saturated rings. The molecule has 32 heavy (non-hydrogen) atoms. The summed E-state index contributed by atoms with van der Waals surface area (Å²) < 4.78 is 32.2.